The van der Waals surface area contributed by atoms with Gasteiger partial charge in [0.15, 0.2) is 0 Å². The normalized spacial score (nSPS) is 29.0. The quantitative estimate of drug-likeness (QED) is 0.647. The maximum atomic E-state index is 13.9. The van der Waals surface area contributed by atoms with Crippen molar-refractivity contribution < 1.29 is 27.4 Å². The van der Waals surface area contributed by atoms with Crippen LogP contribution in [0.2, 0.25) is 0 Å². The van der Waals surface area contributed by atoms with Gasteiger partial charge in [-0.25, -0.2) is 13.2 Å². The van der Waals surface area contributed by atoms with Crippen LogP contribution in [-0.2, 0) is 20.7 Å². The summed E-state index contributed by atoms with van der Waals surface area (Å²) in [5, 5.41) is 0. The van der Waals surface area contributed by atoms with Crippen molar-refractivity contribution in [2.75, 3.05) is 33.4 Å². The molecule has 0 radical (unpaired) electrons. The van der Waals surface area contributed by atoms with Crippen molar-refractivity contribution in [1.29, 1.82) is 0 Å². The molecule has 2 aromatic carbocycles. The van der Waals surface area contributed by atoms with E-state index in [0.29, 0.717) is 13.0 Å². The fourth-order valence-electron chi connectivity index (χ4n) is 5.72. The van der Waals surface area contributed by atoms with Gasteiger partial charge in [0, 0.05) is 52.0 Å². The van der Waals surface area contributed by atoms with Crippen LogP contribution in [0.5, 0.6) is 0 Å². The van der Waals surface area contributed by atoms with Crippen molar-refractivity contribution in [2.45, 2.75) is 55.9 Å². The number of methoxy groups -OCH3 is 1. The molecule has 4 atom stereocenters. The third kappa shape index (κ3) is 4.97. The molecule has 188 valence electrons. The molecule has 8 heteroatoms. The average Bonchev–Trinajstić information content (AvgIpc) is 2.88. The van der Waals surface area contributed by atoms with E-state index in [0.717, 1.165) is 17.5 Å². The lowest BCUT2D eigenvalue weighted by Crippen LogP contribution is -2.58. The standard InChI is InChI=1S/C27H31F3N2O3/c1-34-24-17-35-23(16-22(24)31-14-11-27(29,30)12-15-31)26(33)32-13-10-18-4-2-3-5-21(18)25(32)19-6-8-20(28)9-7-19/h2-9,22-25H,10-17H2,1H3/t22-,23+,24-,25-/m0/s1. The maximum Gasteiger partial charge on any atom is 0.252 e. The van der Waals surface area contributed by atoms with Crippen LogP contribution in [-0.4, -0.2) is 73.2 Å². The Morgan fingerprint density at radius 3 is 2.49 bits per heavy atom. The van der Waals surface area contributed by atoms with Gasteiger partial charge in [0.1, 0.15) is 11.9 Å². The summed E-state index contributed by atoms with van der Waals surface area (Å²) in [6, 6.07) is 13.8. The molecule has 2 fully saturated rings. The molecule has 0 saturated carbocycles. The minimum Gasteiger partial charge on any atom is -0.377 e. The predicted octanol–water partition coefficient (Wildman–Crippen LogP) is 4.20. The van der Waals surface area contributed by atoms with Crippen molar-refractivity contribution >= 4 is 5.91 Å². The molecule has 1 amide bonds. The average molecular weight is 489 g/mol. The Hall–Kier alpha value is -2.42. The van der Waals surface area contributed by atoms with Gasteiger partial charge < -0.3 is 14.4 Å². The molecule has 5 rings (SSSR count). The van der Waals surface area contributed by atoms with Gasteiger partial charge in [0.2, 0.25) is 0 Å². The summed E-state index contributed by atoms with van der Waals surface area (Å²) in [5.74, 6) is -3.09. The van der Waals surface area contributed by atoms with Gasteiger partial charge in [-0.15, -0.1) is 0 Å². The van der Waals surface area contributed by atoms with Gasteiger partial charge in [-0.3, -0.25) is 9.69 Å². The van der Waals surface area contributed by atoms with Crippen molar-refractivity contribution in [1.82, 2.24) is 9.80 Å². The number of carbonyl (C=O) groups excluding carboxylic acids is 1. The molecule has 5 nitrogen and oxygen atoms in total. The monoisotopic (exact) mass is 488 g/mol. The van der Waals surface area contributed by atoms with Crippen LogP contribution in [0.1, 0.15) is 42.0 Å². The van der Waals surface area contributed by atoms with E-state index in [9.17, 15) is 18.0 Å². The zero-order valence-electron chi connectivity index (χ0n) is 19.8. The highest BCUT2D eigenvalue weighted by atomic mass is 19.3. The smallest absolute Gasteiger partial charge is 0.252 e. The summed E-state index contributed by atoms with van der Waals surface area (Å²) < 4.78 is 52.8. The molecule has 3 heterocycles. The summed E-state index contributed by atoms with van der Waals surface area (Å²) in [6.07, 6.45) is -0.235. The Kier molecular flexibility index (Phi) is 6.88. The molecule has 0 aromatic heterocycles. The van der Waals surface area contributed by atoms with E-state index < -0.39 is 12.0 Å². The molecule has 2 saturated heterocycles. The topological polar surface area (TPSA) is 42.0 Å². The van der Waals surface area contributed by atoms with E-state index in [1.165, 1.54) is 17.7 Å². The zero-order chi connectivity index (χ0) is 24.6. The first-order valence-electron chi connectivity index (χ1n) is 12.3. The van der Waals surface area contributed by atoms with Gasteiger partial charge >= 0.3 is 0 Å². The molecule has 0 unspecified atom stereocenters. The number of carbonyl (C=O) groups is 1. The second-order valence-electron chi connectivity index (χ2n) is 9.73. The molecule has 35 heavy (non-hydrogen) atoms. The highest BCUT2D eigenvalue weighted by Gasteiger charge is 2.44. The lowest BCUT2D eigenvalue weighted by atomic mass is 9.87. The van der Waals surface area contributed by atoms with E-state index in [1.54, 1.807) is 19.2 Å². The largest absolute Gasteiger partial charge is 0.377 e. The molecule has 0 N–H and O–H groups in total. The van der Waals surface area contributed by atoms with Crippen molar-refractivity contribution in [3.63, 3.8) is 0 Å². The minimum atomic E-state index is -2.64. The van der Waals surface area contributed by atoms with E-state index in [2.05, 4.69) is 6.07 Å². The number of fused-ring (bicyclic) bond motifs is 1. The fourth-order valence-corrected chi connectivity index (χ4v) is 5.72. The number of hydrogen-bond acceptors (Lipinski definition) is 4. The molecular weight excluding hydrogens is 457 g/mol. The summed E-state index contributed by atoms with van der Waals surface area (Å²) in [6.45, 7) is 1.30. The number of alkyl halides is 2. The number of piperidine rings is 1. The Bertz CT molecular complexity index is 1040. The Balaban J connectivity index is 1.39. The van der Waals surface area contributed by atoms with Crippen molar-refractivity contribution in [3.8, 4) is 0 Å². The second kappa shape index (κ2) is 9.91. The Morgan fingerprint density at radius 1 is 1.06 bits per heavy atom. The van der Waals surface area contributed by atoms with Crippen LogP contribution in [0.25, 0.3) is 0 Å². The van der Waals surface area contributed by atoms with Crippen LogP contribution in [0.15, 0.2) is 48.5 Å². The van der Waals surface area contributed by atoms with E-state index in [4.69, 9.17) is 9.47 Å². The van der Waals surface area contributed by atoms with Gasteiger partial charge in [0.05, 0.1) is 18.8 Å². The third-order valence-corrected chi connectivity index (χ3v) is 7.68. The number of rotatable bonds is 4. The number of nitrogens with zero attached hydrogens (tertiary/aromatic N) is 2. The first kappa shape index (κ1) is 24.3. The lowest BCUT2D eigenvalue weighted by Gasteiger charge is -2.46. The van der Waals surface area contributed by atoms with Crippen LogP contribution >= 0.6 is 0 Å². The van der Waals surface area contributed by atoms with Crippen molar-refractivity contribution in [3.05, 3.63) is 71.0 Å². The second-order valence-corrected chi connectivity index (χ2v) is 9.73. The molecular formula is C27H31F3N2O3. The van der Waals surface area contributed by atoms with Crippen LogP contribution in [0, 0.1) is 5.82 Å². The number of amides is 1. The zero-order valence-corrected chi connectivity index (χ0v) is 19.8. The van der Waals surface area contributed by atoms with Gasteiger partial charge in [-0.2, -0.15) is 0 Å². The molecule has 3 aliphatic heterocycles. The minimum absolute atomic E-state index is 0.129. The number of benzene rings is 2. The van der Waals surface area contributed by atoms with Gasteiger partial charge in [-0.1, -0.05) is 36.4 Å². The Labute approximate surface area is 203 Å². The number of hydrogen-bond donors (Lipinski definition) is 0. The molecule has 3 aliphatic rings. The van der Waals surface area contributed by atoms with Crippen LogP contribution < -0.4 is 0 Å². The molecule has 2 aromatic rings. The van der Waals surface area contributed by atoms with Gasteiger partial charge in [0.25, 0.3) is 11.8 Å². The van der Waals surface area contributed by atoms with E-state index in [-0.39, 0.29) is 62.5 Å². The fraction of sp³-hybridized carbons (Fsp3) is 0.519. The van der Waals surface area contributed by atoms with E-state index >= 15 is 0 Å². The first-order valence-corrected chi connectivity index (χ1v) is 12.3. The van der Waals surface area contributed by atoms with Crippen LogP contribution in [0.4, 0.5) is 13.2 Å². The first-order chi connectivity index (χ1) is 16.9. The molecule has 0 bridgehead atoms. The summed E-state index contributed by atoms with van der Waals surface area (Å²) in [5.41, 5.74) is 3.04. The lowest BCUT2D eigenvalue weighted by molar-refractivity contribution is -0.166. The summed E-state index contributed by atoms with van der Waals surface area (Å²) in [4.78, 5) is 17.7. The predicted molar refractivity (Wildman–Crippen MR) is 125 cm³/mol. The number of halogens is 3. The summed E-state index contributed by atoms with van der Waals surface area (Å²) in [7, 11) is 1.59. The van der Waals surface area contributed by atoms with E-state index in [1.807, 2.05) is 28.0 Å². The Morgan fingerprint density at radius 2 is 1.77 bits per heavy atom. The van der Waals surface area contributed by atoms with Crippen molar-refractivity contribution in [2.24, 2.45) is 0 Å². The molecule has 0 aliphatic carbocycles. The highest BCUT2D eigenvalue weighted by molar-refractivity contribution is 5.82. The maximum absolute atomic E-state index is 13.9. The highest BCUT2D eigenvalue weighted by Crippen LogP contribution is 2.37. The number of ether oxygens (including phenoxy) is 2. The summed E-state index contributed by atoms with van der Waals surface area (Å²) >= 11 is 0. The molecule has 0 spiro atoms. The van der Waals surface area contributed by atoms with Gasteiger partial charge in [-0.05, 0) is 35.2 Å². The third-order valence-electron chi connectivity index (χ3n) is 7.68. The van der Waals surface area contributed by atoms with Crippen LogP contribution in [0.3, 0.4) is 0 Å². The SMILES string of the molecule is CO[C@H]1CO[C@@H](C(=O)N2CCc3ccccc3[C@@H]2c2ccc(F)cc2)C[C@@H]1N1CCC(F)(F)CC1. The number of likely N-dealkylation sites (tertiary alicyclic amines) is 1.